The molecule has 0 aliphatic carbocycles. The van der Waals surface area contributed by atoms with E-state index in [2.05, 4.69) is 116 Å². The zero-order chi connectivity index (χ0) is 55.2. The highest BCUT2D eigenvalue weighted by Gasteiger charge is 2.39. The first-order chi connectivity index (χ1) is 35.3. The molecule has 2 unspecified atom stereocenters. The quantitative estimate of drug-likeness (QED) is 0.0332. The first-order valence-corrected chi connectivity index (χ1v) is 42.9. The van der Waals surface area contributed by atoms with Crippen LogP contribution in [0.15, 0.2) is 0 Å². The van der Waals surface area contributed by atoms with Gasteiger partial charge in [-0.25, -0.2) is 0 Å². The van der Waals surface area contributed by atoms with Crippen molar-refractivity contribution in [2.24, 2.45) is 0 Å². The fourth-order valence-electron chi connectivity index (χ4n) is 9.63. The third kappa shape index (κ3) is 49.5. The van der Waals surface area contributed by atoms with E-state index in [1.807, 2.05) is 0 Å². The molecule has 0 heterocycles. The lowest BCUT2D eigenvalue weighted by molar-refractivity contribution is -0.101. The van der Waals surface area contributed by atoms with E-state index in [1.54, 1.807) is 0 Å². The first-order valence-electron chi connectivity index (χ1n) is 31.6. The summed E-state index contributed by atoms with van der Waals surface area (Å²) in [6.07, 6.45) is 38.7. The van der Waals surface area contributed by atoms with Crippen molar-refractivity contribution in [3.05, 3.63) is 0 Å². The van der Waals surface area contributed by atoms with E-state index in [9.17, 15) is 0 Å². The largest absolute Gasteiger partial charge is 0.415 e. The van der Waals surface area contributed by atoms with E-state index in [4.69, 9.17) is 35.4 Å². The SMILES string of the molecule is CCCCCCCCO[Si](C)(C)O[Si](C)(C)OC(CCCCCCC)OCCCCCCN(C)CCN(C)CCN(C)CCCCCCOC(CCCCCCC)O[Si](C)(C)O[Si](C)(C)OCCCCCCCC. The fourth-order valence-corrected chi connectivity index (χ4v) is 22.9. The van der Waals surface area contributed by atoms with Crippen molar-refractivity contribution in [1.82, 2.24) is 14.7 Å². The third-order valence-corrected chi connectivity index (χ3v) is 25.3. The highest BCUT2D eigenvalue weighted by molar-refractivity contribution is 6.79. The van der Waals surface area contributed by atoms with E-state index >= 15 is 0 Å². The van der Waals surface area contributed by atoms with Crippen molar-refractivity contribution in [1.29, 1.82) is 0 Å². The number of hydrogen-bond donors (Lipinski definition) is 0. The van der Waals surface area contributed by atoms with Gasteiger partial charge in [0.2, 0.25) is 0 Å². The van der Waals surface area contributed by atoms with Crippen molar-refractivity contribution in [3.8, 4) is 0 Å². The summed E-state index contributed by atoms with van der Waals surface area (Å²) < 4.78 is 52.4. The van der Waals surface area contributed by atoms with E-state index in [1.165, 1.54) is 154 Å². The topological polar surface area (TPSA) is 83.6 Å². The van der Waals surface area contributed by atoms with Gasteiger partial charge in [-0.05, 0) is 151 Å². The lowest BCUT2D eigenvalue weighted by Gasteiger charge is -2.35. The molecule has 2 atom stereocenters. The summed E-state index contributed by atoms with van der Waals surface area (Å²) in [5.74, 6) is 0. The zero-order valence-electron chi connectivity index (χ0n) is 52.5. The molecule has 0 bridgehead atoms. The van der Waals surface area contributed by atoms with Crippen LogP contribution in [-0.2, 0) is 35.4 Å². The number of nitrogens with zero attached hydrogens (tertiary/aromatic N) is 3. The highest BCUT2D eigenvalue weighted by Crippen LogP contribution is 2.24. The Balaban J connectivity index is 4.46. The van der Waals surface area contributed by atoms with Gasteiger partial charge in [0, 0.05) is 52.6 Å². The summed E-state index contributed by atoms with van der Waals surface area (Å²) in [6.45, 7) is 36.3. The molecule has 0 radical (unpaired) electrons. The minimum absolute atomic E-state index is 0.185. The molecule has 0 aliphatic rings. The van der Waals surface area contributed by atoms with Crippen LogP contribution in [0.1, 0.15) is 233 Å². The smallest absolute Gasteiger partial charge is 0.324 e. The molecule has 0 rings (SSSR count). The molecule has 74 heavy (non-hydrogen) atoms. The average Bonchev–Trinajstić information content (AvgIpc) is 3.32. The molecule has 0 N–H and O–H groups in total. The maximum absolute atomic E-state index is 6.70. The van der Waals surface area contributed by atoms with Crippen LogP contribution < -0.4 is 0 Å². The number of likely N-dealkylation sites (N-methyl/N-ethyl adjacent to an activating group) is 3. The maximum atomic E-state index is 6.70. The van der Waals surface area contributed by atoms with Crippen LogP contribution >= 0.6 is 0 Å². The van der Waals surface area contributed by atoms with Crippen LogP contribution in [0.3, 0.4) is 0 Å². The van der Waals surface area contributed by atoms with Gasteiger partial charge in [0.25, 0.3) is 0 Å². The number of rotatable bonds is 58. The monoisotopic (exact) mass is 1120 g/mol. The van der Waals surface area contributed by atoms with Crippen LogP contribution in [0.5, 0.6) is 0 Å². The summed E-state index contributed by atoms with van der Waals surface area (Å²) in [6, 6.07) is 0. The molecule has 15 heteroatoms. The number of unbranched alkanes of at least 4 members (excludes halogenated alkanes) is 24. The van der Waals surface area contributed by atoms with Crippen LogP contribution in [0, 0.1) is 0 Å². The van der Waals surface area contributed by atoms with Crippen molar-refractivity contribution in [2.75, 3.05) is 86.8 Å². The Morgan fingerprint density at radius 3 is 0.865 bits per heavy atom. The van der Waals surface area contributed by atoms with Gasteiger partial charge in [0.05, 0.1) is 0 Å². The normalized spacial score (nSPS) is 13.9. The molecule has 0 amide bonds. The lowest BCUT2D eigenvalue weighted by Crippen LogP contribution is -2.50. The Hall–Kier alpha value is 0.428. The van der Waals surface area contributed by atoms with Crippen LogP contribution in [0.25, 0.3) is 0 Å². The Labute approximate surface area is 467 Å². The molecule has 0 spiro atoms. The molecule has 0 saturated carbocycles. The summed E-state index contributed by atoms with van der Waals surface area (Å²) >= 11 is 0. The molecule has 0 aliphatic heterocycles. The standard InChI is InChI=1S/C59H131N3O8Si4/c1-16-20-24-28-34-44-56-65-71(8,9)69-73(12,13)67-58(46-38-30-26-22-18-3)63-54-42-36-32-40-48-60(5)50-52-62(7)53-51-61(6)49-41-33-37-43-55-64-59(47-39-31-27-23-19-4)68-74(14,15)70-72(10,11)66-57-45-35-29-25-21-17-2/h58-59H,16-57H2,1-15H3. The number of ether oxygens (including phenoxy) is 2. The second-order valence-electron chi connectivity index (χ2n) is 24.0. The number of hydrogen-bond acceptors (Lipinski definition) is 11. The summed E-state index contributed by atoms with van der Waals surface area (Å²) in [5.41, 5.74) is 0. The second-order valence-corrected chi connectivity index (χ2v) is 37.9. The Bertz CT molecular complexity index is 1120. The van der Waals surface area contributed by atoms with Gasteiger partial charge >= 0.3 is 34.2 Å². The highest BCUT2D eigenvalue weighted by atomic mass is 28.5. The predicted molar refractivity (Wildman–Crippen MR) is 329 cm³/mol. The van der Waals surface area contributed by atoms with Crippen molar-refractivity contribution in [2.45, 2.75) is 298 Å². The molecule has 0 fully saturated rings. The van der Waals surface area contributed by atoms with E-state index < -0.39 is 34.2 Å². The van der Waals surface area contributed by atoms with Gasteiger partial charge in [0.1, 0.15) is 12.6 Å². The third-order valence-electron chi connectivity index (χ3n) is 14.0. The molecule has 0 aromatic rings. The minimum Gasteiger partial charge on any atom is -0.415 e. The van der Waals surface area contributed by atoms with Gasteiger partial charge in [0.15, 0.2) is 0 Å². The predicted octanol–water partition coefficient (Wildman–Crippen LogP) is 16.9. The molecule has 0 aromatic heterocycles. The van der Waals surface area contributed by atoms with Crippen LogP contribution in [-0.4, -0.2) is 148 Å². The van der Waals surface area contributed by atoms with Crippen LogP contribution in [0.2, 0.25) is 52.4 Å². The maximum Gasteiger partial charge on any atom is 0.324 e. The fraction of sp³-hybridized carbons (Fsp3) is 1.00. The van der Waals surface area contributed by atoms with Crippen LogP contribution in [0.4, 0.5) is 0 Å². The Morgan fingerprint density at radius 1 is 0.284 bits per heavy atom. The summed E-state index contributed by atoms with van der Waals surface area (Å²) in [7, 11) is -2.57. The van der Waals surface area contributed by atoms with Crippen molar-refractivity contribution < 1.29 is 35.4 Å². The molecule has 0 saturated heterocycles. The van der Waals surface area contributed by atoms with Gasteiger partial charge in [-0.15, -0.1) is 0 Å². The summed E-state index contributed by atoms with van der Waals surface area (Å²) in [5, 5.41) is 0. The van der Waals surface area contributed by atoms with Crippen molar-refractivity contribution in [3.63, 3.8) is 0 Å². The first kappa shape index (κ1) is 74.4. The second kappa shape index (κ2) is 48.2. The zero-order valence-corrected chi connectivity index (χ0v) is 56.5. The van der Waals surface area contributed by atoms with E-state index in [0.717, 1.165) is 117 Å². The molecule has 11 nitrogen and oxygen atoms in total. The molecule has 446 valence electrons. The van der Waals surface area contributed by atoms with Gasteiger partial charge in [-0.3, -0.25) is 0 Å². The summed E-state index contributed by atoms with van der Waals surface area (Å²) in [4.78, 5) is 7.51. The molecular weight excluding hydrogens is 991 g/mol. The van der Waals surface area contributed by atoms with Gasteiger partial charge in [-0.2, -0.15) is 0 Å². The minimum atomic E-state index is -2.43. The Kier molecular flexibility index (Phi) is 48.4. The lowest BCUT2D eigenvalue weighted by atomic mass is 10.1. The Morgan fingerprint density at radius 2 is 0.541 bits per heavy atom. The average molecular weight is 1120 g/mol. The van der Waals surface area contributed by atoms with Gasteiger partial charge < -0.3 is 50.1 Å². The molecule has 0 aromatic carbocycles. The van der Waals surface area contributed by atoms with E-state index in [0.29, 0.717) is 0 Å². The molecular formula is C59H131N3O8Si4. The van der Waals surface area contributed by atoms with Crippen molar-refractivity contribution >= 4 is 34.2 Å². The van der Waals surface area contributed by atoms with E-state index in [-0.39, 0.29) is 12.6 Å². The van der Waals surface area contributed by atoms with Gasteiger partial charge in [-0.1, -0.05) is 169 Å².